The van der Waals surface area contributed by atoms with Gasteiger partial charge in [0.15, 0.2) is 0 Å². The van der Waals surface area contributed by atoms with Crippen molar-refractivity contribution in [1.82, 2.24) is 5.32 Å². The second-order valence-corrected chi connectivity index (χ2v) is 6.71. The molecule has 0 radical (unpaired) electrons. The molecule has 1 N–H and O–H groups in total. The minimum absolute atomic E-state index is 0.0600. The first-order valence-electron chi connectivity index (χ1n) is 7.07. The van der Waals surface area contributed by atoms with Crippen LogP contribution in [0.2, 0.25) is 0 Å². The van der Waals surface area contributed by atoms with Crippen LogP contribution in [-0.4, -0.2) is 30.8 Å². The highest BCUT2D eigenvalue weighted by Crippen LogP contribution is 2.23. The van der Waals surface area contributed by atoms with Gasteiger partial charge in [0.2, 0.25) is 0 Å². The summed E-state index contributed by atoms with van der Waals surface area (Å²) < 4.78 is 10.1. The summed E-state index contributed by atoms with van der Waals surface area (Å²) in [5.41, 5.74) is -0.565. The van der Waals surface area contributed by atoms with Crippen molar-refractivity contribution in [3.8, 4) is 0 Å². The predicted octanol–water partition coefficient (Wildman–Crippen LogP) is 2.98. The molecule has 0 unspecified atom stereocenters. The normalized spacial score (nSPS) is 14.9. The Hall–Kier alpha value is -1.26. The smallest absolute Gasteiger partial charge is 0.407 e. The first-order valence-corrected chi connectivity index (χ1v) is 7.07. The van der Waals surface area contributed by atoms with Gasteiger partial charge >= 0.3 is 12.1 Å². The van der Waals surface area contributed by atoms with Crippen LogP contribution < -0.4 is 5.32 Å². The number of amides is 1. The Kier molecular flexibility index (Phi) is 7.03. The second-order valence-electron chi connectivity index (χ2n) is 6.71. The Morgan fingerprint density at radius 2 is 1.50 bits per heavy atom. The average molecular weight is 287 g/mol. The Labute approximate surface area is 122 Å². The molecule has 0 saturated carbocycles. The Balaban J connectivity index is 5.03. The van der Waals surface area contributed by atoms with Crippen molar-refractivity contribution in [2.45, 2.75) is 60.1 Å². The third kappa shape index (κ3) is 6.26. The van der Waals surface area contributed by atoms with Gasteiger partial charge in [-0.2, -0.15) is 0 Å². The first-order chi connectivity index (χ1) is 8.99. The van der Waals surface area contributed by atoms with Gasteiger partial charge in [-0.1, -0.05) is 27.7 Å². The van der Waals surface area contributed by atoms with E-state index in [0.717, 1.165) is 0 Å². The molecule has 0 aromatic rings. The number of hydrogen-bond acceptors (Lipinski definition) is 4. The van der Waals surface area contributed by atoms with Crippen LogP contribution in [0.1, 0.15) is 48.5 Å². The lowest BCUT2D eigenvalue weighted by Gasteiger charge is -2.32. The van der Waals surface area contributed by atoms with Gasteiger partial charge in [-0.25, -0.2) is 4.79 Å². The van der Waals surface area contributed by atoms with E-state index in [1.165, 1.54) is 7.11 Å². The Bertz CT molecular complexity index is 331. The molecule has 0 fully saturated rings. The summed E-state index contributed by atoms with van der Waals surface area (Å²) in [7, 11) is 1.36. The maximum Gasteiger partial charge on any atom is 0.407 e. The zero-order chi connectivity index (χ0) is 16.1. The molecule has 0 aromatic carbocycles. The number of rotatable bonds is 5. The van der Waals surface area contributed by atoms with Gasteiger partial charge in [-0.3, -0.25) is 4.79 Å². The fourth-order valence-corrected chi connectivity index (χ4v) is 2.08. The summed E-state index contributed by atoms with van der Waals surface area (Å²) in [4.78, 5) is 23.9. The van der Waals surface area contributed by atoms with E-state index in [1.54, 1.807) is 20.8 Å². The molecule has 2 atom stereocenters. The van der Waals surface area contributed by atoms with Crippen LogP contribution >= 0.6 is 0 Å². The molecule has 20 heavy (non-hydrogen) atoms. The molecule has 0 rings (SSSR count). The van der Waals surface area contributed by atoms with E-state index in [2.05, 4.69) is 5.32 Å². The van der Waals surface area contributed by atoms with Gasteiger partial charge in [0, 0.05) is 6.04 Å². The topological polar surface area (TPSA) is 64.6 Å². The molecule has 0 aromatic heterocycles. The van der Waals surface area contributed by atoms with Crippen LogP contribution in [0.4, 0.5) is 4.79 Å². The fraction of sp³-hybridized carbons (Fsp3) is 0.867. The largest absolute Gasteiger partial charge is 0.469 e. The van der Waals surface area contributed by atoms with Crippen LogP contribution in [0.5, 0.6) is 0 Å². The molecule has 1 amide bonds. The van der Waals surface area contributed by atoms with E-state index in [1.807, 2.05) is 27.7 Å². The number of carbonyl (C=O) groups excluding carboxylic acids is 2. The zero-order valence-electron chi connectivity index (χ0n) is 13.9. The molecule has 0 saturated heterocycles. The summed E-state index contributed by atoms with van der Waals surface area (Å²) in [5.74, 6) is -0.555. The number of ether oxygens (including phenoxy) is 2. The third-order valence-electron chi connectivity index (χ3n) is 2.98. The van der Waals surface area contributed by atoms with E-state index in [4.69, 9.17) is 9.47 Å². The molecule has 0 aliphatic rings. The average Bonchev–Trinajstić information content (AvgIpc) is 2.24. The van der Waals surface area contributed by atoms with Crippen molar-refractivity contribution in [1.29, 1.82) is 0 Å². The van der Waals surface area contributed by atoms with E-state index in [-0.39, 0.29) is 23.8 Å². The molecule has 5 nitrogen and oxygen atoms in total. The molecule has 0 aliphatic carbocycles. The number of esters is 1. The van der Waals surface area contributed by atoms with Crippen LogP contribution in [0.3, 0.4) is 0 Å². The maximum atomic E-state index is 12.0. The molecule has 118 valence electrons. The maximum absolute atomic E-state index is 12.0. The second kappa shape index (κ2) is 7.50. The van der Waals surface area contributed by atoms with E-state index < -0.39 is 17.6 Å². The molecule has 0 bridgehead atoms. The fourth-order valence-electron chi connectivity index (χ4n) is 2.08. The number of methoxy groups -OCH3 is 1. The van der Waals surface area contributed by atoms with Crippen LogP contribution in [0.15, 0.2) is 0 Å². The van der Waals surface area contributed by atoms with Crippen molar-refractivity contribution < 1.29 is 19.1 Å². The van der Waals surface area contributed by atoms with Gasteiger partial charge in [-0.15, -0.1) is 0 Å². The van der Waals surface area contributed by atoms with Crippen LogP contribution in [0, 0.1) is 17.8 Å². The van der Waals surface area contributed by atoms with Crippen molar-refractivity contribution >= 4 is 12.1 Å². The molecule has 0 aliphatic heterocycles. The highest BCUT2D eigenvalue weighted by Gasteiger charge is 2.35. The summed E-state index contributed by atoms with van der Waals surface area (Å²) in [5, 5.41) is 2.81. The Morgan fingerprint density at radius 3 is 1.80 bits per heavy atom. The van der Waals surface area contributed by atoms with Gasteiger partial charge < -0.3 is 14.8 Å². The summed E-state index contributed by atoms with van der Waals surface area (Å²) in [6.45, 7) is 13.2. The number of nitrogens with one attached hydrogen (secondary N) is 1. The quantitative estimate of drug-likeness (QED) is 0.789. The van der Waals surface area contributed by atoms with Crippen molar-refractivity contribution in [3.63, 3.8) is 0 Å². The van der Waals surface area contributed by atoms with Gasteiger partial charge in [0.25, 0.3) is 0 Å². The monoisotopic (exact) mass is 287 g/mol. The van der Waals surface area contributed by atoms with Crippen LogP contribution in [0.25, 0.3) is 0 Å². The van der Waals surface area contributed by atoms with E-state index in [9.17, 15) is 9.59 Å². The van der Waals surface area contributed by atoms with Crippen LogP contribution in [-0.2, 0) is 14.3 Å². The Morgan fingerprint density at radius 1 is 1.00 bits per heavy atom. The summed E-state index contributed by atoms with van der Waals surface area (Å²) >= 11 is 0. The standard InChI is InChI=1S/C15H29NO4/c1-9(2)11(13(17)19-8)12(10(3)4)16-14(18)20-15(5,6)7/h9-12H,1-8H3,(H,16,18)/t11-,12+/m1/s1. The van der Waals surface area contributed by atoms with Crippen molar-refractivity contribution in [2.24, 2.45) is 17.8 Å². The zero-order valence-corrected chi connectivity index (χ0v) is 13.9. The molecule has 0 heterocycles. The lowest BCUT2D eigenvalue weighted by atomic mass is 9.82. The summed E-state index contributed by atoms with van der Waals surface area (Å²) in [6, 6.07) is -0.322. The lowest BCUT2D eigenvalue weighted by molar-refractivity contribution is -0.148. The number of alkyl carbamates (subject to hydrolysis) is 1. The van der Waals surface area contributed by atoms with Gasteiger partial charge in [0.05, 0.1) is 13.0 Å². The highest BCUT2D eigenvalue weighted by atomic mass is 16.6. The molecular formula is C15H29NO4. The minimum atomic E-state index is -0.565. The van der Waals surface area contributed by atoms with E-state index in [0.29, 0.717) is 0 Å². The highest BCUT2D eigenvalue weighted by molar-refractivity contribution is 5.75. The molecule has 0 spiro atoms. The predicted molar refractivity (Wildman–Crippen MR) is 78.3 cm³/mol. The van der Waals surface area contributed by atoms with Crippen molar-refractivity contribution in [2.75, 3.05) is 7.11 Å². The lowest BCUT2D eigenvalue weighted by Crippen LogP contribution is -2.50. The first kappa shape index (κ1) is 18.7. The third-order valence-corrected chi connectivity index (χ3v) is 2.98. The number of carbonyl (C=O) groups is 2. The minimum Gasteiger partial charge on any atom is -0.469 e. The van der Waals surface area contributed by atoms with E-state index >= 15 is 0 Å². The summed E-state index contributed by atoms with van der Waals surface area (Å²) in [6.07, 6.45) is -0.509. The van der Waals surface area contributed by atoms with Crippen molar-refractivity contribution in [3.05, 3.63) is 0 Å². The molecular weight excluding hydrogens is 258 g/mol. The van der Waals surface area contributed by atoms with Gasteiger partial charge in [-0.05, 0) is 32.6 Å². The molecule has 5 heteroatoms. The SMILES string of the molecule is COC(=O)[C@H](C(C)C)[C@@H](NC(=O)OC(C)(C)C)C(C)C. The number of hydrogen-bond donors (Lipinski definition) is 1. The van der Waals surface area contributed by atoms with Gasteiger partial charge in [0.1, 0.15) is 5.60 Å².